The predicted molar refractivity (Wildman–Crippen MR) is 158 cm³/mol. The molecule has 5 rings (SSSR count). The standard InChI is InChI=1S/C22H28FNO.C12H15N/c1-16-8-10-19(11-9-16)15-25-22-17(2)12-20(13-21(22)23)24-14-18-6-4-3-5-7-18;1-10-5-2-3-8-12(10)13-9-11-6-4-7-11/h8-13,18,24H,3-7,14-15H2,1-2H3;2-3,5,8-9,11H,4,6-7H2,1H3. The molecule has 38 heavy (non-hydrogen) atoms. The van der Waals surface area contributed by atoms with Crippen LogP contribution in [0, 0.1) is 38.4 Å². The minimum absolute atomic E-state index is 0.293. The van der Waals surface area contributed by atoms with E-state index >= 15 is 0 Å². The number of para-hydroxylation sites is 1. The number of nitrogens with one attached hydrogen (secondary N) is 1. The second-order valence-corrected chi connectivity index (χ2v) is 11.0. The van der Waals surface area contributed by atoms with Crippen LogP contribution in [0.2, 0.25) is 0 Å². The third-order valence-electron chi connectivity index (χ3n) is 7.74. The van der Waals surface area contributed by atoms with Crippen molar-refractivity contribution in [3.63, 3.8) is 0 Å². The number of nitrogens with zero attached hydrogens (tertiary/aromatic N) is 1. The van der Waals surface area contributed by atoms with Crippen LogP contribution in [-0.2, 0) is 6.61 Å². The van der Waals surface area contributed by atoms with Gasteiger partial charge in [0.15, 0.2) is 11.6 Å². The molecule has 2 saturated carbocycles. The zero-order valence-electron chi connectivity index (χ0n) is 23.3. The monoisotopic (exact) mass is 514 g/mol. The maximum atomic E-state index is 14.5. The Balaban J connectivity index is 0.000000216. The molecule has 2 fully saturated rings. The number of rotatable bonds is 8. The average Bonchev–Trinajstić information content (AvgIpc) is 2.89. The first-order valence-electron chi connectivity index (χ1n) is 14.3. The van der Waals surface area contributed by atoms with Gasteiger partial charge in [0.1, 0.15) is 6.61 Å². The molecule has 0 unspecified atom stereocenters. The van der Waals surface area contributed by atoms with Crippen LogP contribution < -0.4 is 10.1 Å². The van der Waals surface area contributed by atoms with Crippen LogP contribution in [0.4, 0.5) is 15.8 Å². The van der Waals surface area contributed by atoms with Gasteiger partial charge in [-0.05, 0) is 87.1 Å². The highest BCUT2D eigenvalue weighted by atomic mass is 19.1. The van der Waals surface area contributed by atoms with Crippen LogP contribution in [0.3, 0.4) is 0 Å². The van der Waals surface area contributed by atoms with Crippen molar-refractivity contribution in [1.82, 2.24) is 0 Å². The molecule has 202 valence electrons. The third kappa shape index (κ3) is 8.44. The molecular formula is C34H43FN2O. The van der Waals surface area contributed by atoms with E-state index in [1.807, 2.05) is 50.2 Å². The Morgan fingerprint density at radius 3 is 2.26 bits per heavy atom. The SMILES string of the molecule is Cc1ccc(COc2c(C)cc(NCC3CCCCC3)cc2F)cc1.Cc1ccccc1N=CC1CCC1. The molecule has 1 N–H and O–H groups in total. The van der Waals surface area contributed by atoms with Gasteiger partial charge in [0.05, 0.1) is 5.69 Å². The number of aliphatic imine (C=N–C) groups is 1. The van der Waals surface area contributed by atoms with Gasteiger partial charge in [-0.2, -0.15) is 0 Å². The minimum Gasteiger partial charge on any atom is -0.486 e. The number of aryl methyl sites for hydroxylation is 3. The predicted octanol–water partition coefficient (Wildman–Crippen LogP) is 9.51. The highest BCUT2D eigenvalue weighted by Gasteiger charge is 2.15. The average molecular weight is 515 g/mol. The van der Waals surface area contributed by atoms with Crippen molar-refractivity contribution in [3.8, 4) is 5.75 Å². The van der Waals surface area contributed by atoms with Crippen LogP contribution in [0.1, 0.15) is 73.6 Å². The van der Waals surface area contributed by atoms with Crippen LogP contribution >= 0.6 is 0 Å². The summed E-state index contributed by atoms with van der Waals surface area (Å²) in [6, 6.07) is 19.9. The summed E-state index contributed by atoms with van der Waals surface area (Å²) in [5, 5.41) is 3.41. The Labute approximate surface area is 228 Å². The van der Waals surface area contributed by atoms with Crippen molar-refractivity contribution in [1.29, 1.82) is 0 Å². The van der Waals surface area contributed by atoms with E-state index in [0.29, 0.717) is 12.4 Å². The molecule has 0 amide bonds. The maximum absolute atomic E-state index is 14.5. The molecule has 0 bridgehead atoms. The Kier molecular flexibility index (Phi) is 10.4. The van der Waals surface area contributed by atoms with Crippen molar-refractivity contribution < 1.29 is 9.13 Å². The van der Waals surface area contributed by atoms with E-state index in [4.69, 9.17) is 4.74 Å². The van der Waals surface area contributed by atoms with Crippen molar-refractivity contribution >= 4 is 17.6 Å². The van der Waals surface area contributed by atoms with Crippen molar-refractivity contribution in [2.24, 2.45) is 16.8 Å². The second-order valence-electron chi connectivity index (χ2n) is 11.0. The molecule has 0 aromatic heterocycles. The Hall–Kier alpha value is -3.14. The summed E-state index contributed by atoms with van der Waals surface area (Å²) in [6.07, 6.45) is 12.7. The van der Waals surface area contributed by atoms with Crippen LogP contribution in [-0.4, -0.2) is 12.8 Å². The molecule has 3 aromatic rings. The first kappa shape index (κ1) is 27.9. The van der Waals surface area contributed by atoms with Crippen LogP contribution in [0.15, 0.2) is 65.7 Å². The normalized spacial score (nSPS) is 16.0. The Bertz CT molecular complexity index is 1150. The highest BCUT2D eigenvalue weighted by molar-refractivity contribution is 5.67. The molecule has 0 aliphatic heterocycles. The fraction of sp³-hybridized carbons (Fsp3) is 0.441. The summed E-state index contributed by atoms with van der Waals surface area (Å²) in [4.78, 5) is 4.50. The van der Waals surface area contributed by atoms with Gasteiger partial charge in [0, 0.05) is 24.5 Å². The van der Waals surface area contributed by atoms with E-state index in [1.165, 1.54) is 62.5 Å². The third-order valence-corrected chi connectivity index (χ3v) is 7.74. The highest BCUT2D eigenvalue weighted by Crippen LogP contribution is 2.29. The lowest BCUT2D eigenvalue weighted by atomic mass is 9.87. The van der Waals surface area contributed by atoms with Crippen LogP contribution in [0.5, 0.6) is 5.75 Å². The number of halogens is 1. The number of benzene rings is 3. The first-order valence-corrected chi connectivity index (χ1v) is 14.3. The van der Waals surface area contributed by atoms with Gasteiger partial charge >= 0.3 is 0 Å². The molecule has 0 spiro atoms. The number of hydrogen-bond acceptors (Lipinski definition) is 3. The van der Waals surface area contributed by atoms with E-state index in [9.17, 15) is 4.39 Å². The molecule has 2 aliphatic rings. The quantitative estimate of drug-likeness (QED) is 0.304. The number of hydrogen-bond donors (Lipinski definition) is 1. The molecule has 2 aliphatic carbocycles. The maximum Gasteiger partial charge on any atom is 0.167 e. The van der Waals surface area contributed by atoms with Crippen molar-refractivity contribution in [2.45, 2.75) is 78.7 Å². The first-order chi connectivity index (χ1) is 18.5. The zero-order valence-corrected chi connectivity index (χ0v) is 23.3. The van der Waals surface area contributed by atoms with Gasteiger partial charge in [-0.25, -0.2) is 4.39 Å². The number of ether oxygens (including phenoxy) is 1. The smallest absolute Gasteiger partial charge is 0.167 e. The molecule has 4 heteroatoms. The van der Waals surface area contributed by atoms with Crippen molar-refractivity contribution in [3.05, 3.63) is 88.7 Å². The lowest BCUT2D eigenvalue weighted by Crippen LogP contribution is -2.17. The summed E-state index contributed by atoms with van der Waals surface area (Å²) in [6.45, 7) is 7.37. The topological polar surface area (TPSA) is 33.6 Å². The summed E-state index contributed by atoms with van der Waals surface area (Å²) < 4.78 is 20.2. The van der Waals surface area contributed by atoms with Gasteiger partial charge in [0.2, 0.25) is 0 Å². The number of anilines is 1. The Morgan fingerprint density at radius 2 is 1.61 bits per heavy atom. The molecule has 0 atom stereocenters. The van der Waals surface area contributed by atoms with Gasteiger partial charge in [-0.1, -0.05) is 73.7 Å². The Morgan fingerprint density at radius 1 is 0.868 bits per heavy atom. The van der Waals surface area contributed by atoms with Crippen LogP contribution in [0.25, 0.3) is 0 Å². The molecule has 0 radical (unpaired) electrons. The fourth-order valence-corrected chi connectivity index (χ4v) is 4.99. The molecule has 0 heterocycles. The molecule has 0 saturated heterocycles. The summed E-state index contributed by atoms with van der Waals surface area (Å²) in [7, 11) is 0. The molecule has 3 nitrogen and oxygen atoms in total. The fourth-order valence-electron chi connectivity index (χ4n) is 4.99. The molecular weight excluding hydrogens is 471 g/mol. The lowest BCUT2D eigenvalue weighted by Gasteiger charge is -2.22. The van der Waals surface area contributed by atoms with Gasteiger partial charge in [0.25, 0.3) is 0 Å². The van der Waals surface area contributed by atoms with Gasteiger partial charge < -0.3 is 10.1 Å². The largest absolute Gasteiger partial charge is 0.486 e. The summed E-state index contributed by atoms with van der Waals surface area (Å²) in [5.74, 6) is 1.52. The van der Waals surface area contributed by atoms with E-state index in [1.54, 1.807) is 6.07 Å². The zero-order chi connectivity index (χ0) is 26.7. The van der Waals surface area contributed by atoms with Crippen molar-refractivity contribution in [2.75, 3.05) is 11.9 Å². The summed E-state index contributed by atoms with van der Waals surface area (Å²) >= 11 is 0. The van der Waals surface area contributed by atoms with E-state index < -0.39 is 0 Å². The van der Waals surface area contributed by atoms with Gasteiger partial charge in [-0.3, -0.25) is 4.99 Å². The summed E-state index contributed by atoms with van der Waals surface area (Å²) in [5.41, 5.74) is 6.32. The lowest BCUT2D eigenvalue weighted by molar-refractivity contribution is 0.288. The van der Waals surface area contributed by atoms with Gasteiger partial charge in [-0.15, -0.1) is 0 Å². The molecule has 3 aromatic carbocycles. The van der Waals surface area contributed by atoms with E-state index in [-0.39, 0.29) is 5.82 Å². The minimum atomic E-state index is -0.293. The second kappa shape index (κ2) is 14.1. The van der Waals surface area contributed by atoms with E-state index in [0.717, 1.165) is 40.9 Å². The van der Waals surface area contributed by atoms with E-state index in [2.05, 4.69) is 41.6 Å².